The van der Waals surface area contributed by atoms with E-state index in [1.165, 1.54) is 12.1 Å². The molecule has 1 aliphatic rings. The van der Waals surface area contributed by atoms with Crippen LogP contribution >= 0.6 is 0 Å². The average molecular weight is 305 g/mol. The highest BCUT2D eigenvalue weighted by Gasteiger charge is 2.35. The fourth-order valence-electron chi connectivity index (χ4n) is 2.78. The number of carbonyl (C=O) groups is 1. The van der Waals surface area contributed by atoms with Gasteiger partial charge in [0.15, 0.2) is 0 Å². The van der Waals surface area contributed by atoms with Crippen molar-refractivity contribution in [2.24, 2.45) is 5.73 Å². The number of likely N-dealkylation sites (tertiary alicyclic amines) is 1. The molecular formula is C13H15N5O4. The number of nitrogens with one attached hydrogen (secondary N) is 1. The van der Waals surface area contributed by atoms with E-state index in [0.717, 1.165) is 0 Å². The number of fused-ring (bicyclic) bond motifs is 1. The lowest BCUT2D eigenvalue weighted by atomic mass is 10.2. The Morgan fingerprint density at radius 1 is 1.59 bits per heavy atom. The molecule has 2 heterocycles. The molecule has 9 nitrogen and oxygen atoms in total. The van der Waals surface area contributed by atoms with Crippen molar-refractivity contribution < 1.29 is 14.8 Å². The van der Waals surface area contributed by atoms with Crippen LogP contribution in [0.3, 0.4) is 0 Å². The van der Waals surface area contributed by atoms with Gasteiger partial charge in [-0.15, -0.1) is 0 Å². The number of nitro benzene ring substituents is 1. The van der Waals surface area contributed by atoms with Crippen LogP contribution in [0.5, 0.6) is 0 Å². The molecule has 0 aliphatic carbocycles. The minimum Gasteiger partial charge on any atom is -0.392 e. The van der Waals surface area contributed by atoms with Crippen molar-refractivity contribution >= 4 is 22.6 Å². The van der Waals surface area contributed by atoms with Crippen LogP contribution in [0.25, 0.3) is 11.0 Å². The van der Waals surface area contributed by atoms with Gasteiger partial charge in [-0.2, -0.15) is 0 Å². The van der Waals surface area contributed by atoms with Crippen LogP contribution in [0.2, 0.25) is 0 Å². The van der Waals surface area contributed by atoms with Crippen LogP contribution in [0, 0.1) is 10.1 Å². The molecule has 1 saturated heterocycles. The first-order chi connectivity index (χ1) is 10.4. The van der Waals surface area contributed by atoms with Gasteiger partial charge >= 0.3 is 0 Å². The number of aliphatic hydroxyl groups excluding tert-OH is 1. The minimum atomic E-state index is -0.594. The molecule has 1 amide bonds. The molecule has 116 valence electrons. The summed E-state index contributed by atoms with van der Waals surface area (Å²) >= 11 is 0. The summed E-state index contributed by atoms with van der Waals surface area (Å²) in [6.45, 7) is 0.651. The molecule has 1 fully saturated rings. The zero-order valence-corrected chi connectivity index (χ0v) is 11.6. The van der Waals surface area contributed by atoms with Gasteiger partial charge in [-0.1, -0.05) is 0 Å². The summed E-state index contributed by atoms with van der Waals surface area (Å²) in [4.78, 5) is 30.8. The van der Waals surface area contributed by atoms with E-state index in [1.807, 2.05) is 0 Å². The number of benzene rings is 1. The highest BCUT2D eigenvalue weighted by molar-refractivity contribution is 5.80. The zero-order chi connectivity index (χ0) is 15.9. The van der Waals surface area contributed by atoms with Gasteiger partial charge in [0.2, 0.25) is 5.91 Å². The number of non-ortho nitro benzene ring substituents is 1. The van der Waals surface area contributed by atoms with E-state index in [4.69, 9.17) is 5.73 Å². The third kappa shape index (κ3) is 2.63. The number of primary amides is 1. The van der Waals surface area contributed by atoms with Crippen molar-refractivity contribution in [3.8, 4) is 0 Å². The fraction of sp³-hybridized carbons (Fsp3) is 0.385. The van der Waals surface area contributed by atoms with E-state index in [2.05, 4.69) is 9.97 Å². The average Bonchev–Trinajstić information content (AvgIpc) is 3.00. The highest BCUT2D eigenvalue weighted by Crippen LogP contribution is 2.22. The number of amides is 1. The first kappa shape index (κ1) is 14.4. The van der Waals surface area contributed by atoms with Crippen LogP contribution in [0.4, 0.5) is 5.69 Å². The van der Waals surface area contributed by atoms with Crippen LogP contribution in [-0.4, -0.2) is 49.5 Å². The maximum absolute atomic E-state index is 11.4. The van der Waals surface area contributed by atoms with Crippen molar-refractivity contribution in [1.82, 2.24) is 14.9 Å². The molecule has 2 aromatic rings. The Hall–Kier alpha value is -2.52. The second-order valence-corrected chi connectivity index (χ2v) is 5.38. The number of aliphatic hydroxyl groups is 1. The molecule has 0 radical (unpaired) electrons. The van der Waals surface area contributed by atoms with Crippen LogP contribution in [0.15, 0.2) is 18.2 Å². The smallest absolute Gasteiger partial charge is 0.271 e. The molecule has 9 heteroatoms. The van der Waals surface area contributed by atoms with Gasteiger partial charge < -0.3 is 15.8 Å². The monoisotopic (exact) mass is 305 g/mol. The molecule has 1 aromatic heterocycles. The van der Waals surface area contributed by atoms with Gasteiger partial charge in [0.05, 0.1) is 34.6 Å². The van der Waals surface area contributed by atoms with Gasteiger partial charge in [-0.25, -0.2) is 4.98 Å². The summed E-state index contributed by atoms with van der Waals surface area (Å²) in [7, 11) is 0. The molecule has 4 N–H and O–H groups in total. The van der Waals surface area contributed by atoms with E-state index in [1.54, 1.807) is 11.0 Å². The number of hydrogen-bond acceptors (Lipinski definition) is 6. The summed E-state index contributed by atoms with van der Waals surface area (Å²) in [5.74, 6) is 0.0825. The lowest BCUT2D eigenvalue weighted by Crippen LogP contribution is -2.39. The number of β-amino-alcohol motifs (C(OH)–C–C–N with tert-alkyl or cyclic N) is 1. The van der Waals surface area contributed by atoms with Crippen LogP contribution < -0.4 is 5.73 Å². The summed E-state index contributed by atoms with van der Waals surface area (Å²) in [6, 6.07) is 3.84. The lowest BCUT2D eigenvalue weighted by Gasteiger charge is -2.19. The second kappa shape index (κ2) is 5.35. The van der Waals surface area contributed by atoms with Gasteiger partial charge in [0.25, 0.3) is 5.69 Å². The predicted molar refractivity (Wildman–Crippen MR) is 76.8 cm³/mol. The molecular weight excluding hydrogens is 290 g/mol. The SMILES string of the molecule is NC(=O)[C@@H]1C[C@@H](O)CN1Cc1nc2ccc([N+](=O)[O-])cc2[nH]1. The van der Waals surface area contributed by atoms with Crippen molar-refractivity contribution in [3.63, 3.8) is 0 Å². The third-order valence-corrected chi connectivity index (χ3v) is 3.79. The molecule has 1 aromatic carbocycles. The van der Waals surface area contributed by atoms with Crippen molar-refractivity contribution in [3.05, 3.63) is 34.1 Å². The Kier molecular flexibility index (Phi) is 3.51. The van der Waals surface area contributed by atoms with Gasteiger partial charge in [0.1, 0.15) is 5.82 Å². The van der Waals surface area contributed by atoms with Crippen molar-refractivity contribution in [1.29, 1.82) is 0 Å². The molecule has 22 heavy (non-hydrogen) atoms. The number of nitrogens with two attached hydrogens (primary N) is 1. The Morgan fingerprint density at radius 2 is 2.36 bits per heavy atom. The molecule has 2 atom stereocenters. The van der Waals surface area contributed by atoms with Gasteiger partial charge in [0, 0.05) is 18.7 Å². The summed E-state index contributed by atoms with van der Waals surface area (Å²) in [6.07, 6.45) is -0.288. The number of imidazole rings is 1. The van der Waals surface area contributed by atoms with Gasteiger partial charge in [-0.05, 0) is 12.5 Å². The van der Waals surface area contributed by atoms with E-state index in [-0.39, 0.29) is 5.69 Å². The summed E-state index contributed by atoms with van der Waals surface area (Å²) in [5.41, 5.74) is 6.48. The number of aromatic nitrogens is 2. The topological polar surface area (TPSA) is 138 Å². The van der Waals surface area contributed by atoms with Crippen molar-refractivity contribution in [2.75, 3.05) is 6.54 Å². The quantitative estimate of drug-likeness (QED) is 0.532. The van der Waals surface area contributed by atoms with Gasteiger partial charge in [-0.3, -0.25) is 19.8 Å². The number of aromatic amines is 1. The standard InChI is InChI=1S/C13H15N5O4/c14-13(20)11-4-8(19)5-17(11)6-12-15-9-2-1-7(18(21)22)3-10(9)16-12/h1-3,8,11,19H,4-6H2,(H2,14,20)(H,15,16)/t8-,11+/m1/s1. The fourth-order valence-corrected chi connectivity index (χ4v) is 2.78. The molecule has 0 bridgehead atoms. The van der Waals surface area contributed by atoms with E-state index >= 15 is 0 Å². The van der Waals surface area contributed by atoms with E-state index < -0.39 is 23.0 Å². The second-order valence-electron chi connectivity index (χ2n) is 5.38. The minimum absolute atomic E-state index is 0.0192. The molecule has 1 aliphatic heterocycles. The highest BCUT2D eigenvalue weighted by atomic mass is 16.6. The zero-order valence-electron chi connectivity index (χ0n) is 11.6. The number of hydrogen-bond donors (Lipinski definition) is 3. The first-order valence-corrected chi connectivity index (χ1v) is 6.78. The Labute approximate surface area is 124 Å². The van der Waals surface area contributed by atoms with E-state index in [9.17, 15) is 20.0 Å². The predicted octanol–water partition coefficient (Wildman–Crippen LogP) is -0.108. The normalized spacial score (nSPS) is 22.2. The summed E-state index contributed by atoms with van der Waals surface area (Å²) < 4.78 is 0. The number of nitro groups is 1. The van der Waals surface area contributed by atoms with E-state index in [0.29, 0.717) is 36.4 Å². The van der Waals surface area contributed by atoms with Crippen LogP contribution in [-0.2, 0) is 11.3 Å². The maximum Gasteiger partial charge on any atom is 0.271 e. The number of carbonyl (C=O) groups excluding carboxylic acids is 1. The number of rotatable bonds is 4. The Bertz CT molecular complexity index is 743. The Balaban J connectivity index is 1.84. The number of nitrogens with zero attached hydrogens (tertiary/aromatic N) is 3. The maximum atomic E-state index is 11.4. The largest absolute Gasteiger partial charge is 0.392 e. The molecule has 0 unspecified atom stereocenters. The molecule has 3 rings (SSSR count). The number of H-pyrrole nitrogens is 1. The third-order valence-electron chi connectivity index (χ3n) is 3.79. The van der Waals surface area contributed by atoms with Crippen LogP contribution in [0.1, 0.15) is 12.2 Å². The first-order valence-electron chi connectivity index (χ1n) is 6.78. The lowest BCUT2D eigenvalue weighted by molar-refractivity contribution is -0.384. The Morgan fingerprint density at radius 3 is 3.05 bits per heavy atom. The summed E-state index contributed by atoms with van der Waals surface area (Å²) in [5, 5.41) is 20.4. The molecule has 0 saturated carbocycles. The van der Waals surface area contributed by atoms with Crippen molar-refractivity contribution in [2.45, 2.75) is 25.1 Å². The molecule has 0 spiro atoms.